The van der Waals surface area contributed by atoms with Crippen LogP contribution in [-0.4, -0.2) is 37.0 Å². The molecule has 3 fully saturated rings. The molecule has 10 nitrogen and oxygen atoms in total. The summed E-state index contributed by atoms with van der Waals surface area (Å²) in [5, 5.41) is 13.5. The molecule has 2 amide bonds. The van der Waals surface area contributed by atoms with Gasteiger partial charge in [-0.25, -0.2) is 18.9 Å². The van der Waals surface area contributed by atoms with Crippen LogP contribution in [0.25, 0.3) is 11.4 Å². The molecule has 40 heavy (non-hydrogen) atoms. The number of aryl methyl sites for hydroxylation is 1. The van der Waals surface area contributed by atoms with E-state index < -0.39 is 24.0 Å². The van der Waals surface area contributed by atoms with E-state index in [0.717, 1.165) is 31.5 Å². The Bertz CT molecular complexity index is 1590. The molecule has 0 saturated heterocycles. The molecule has 1 aromatic carbocycles. The Hall–Kier alpha value is -4.74. The molecule has 1 atom stereocenters. The highest BCUT2D eigenvalue weighted by atomic mass is 19.1. The first-order valence-electron chi connectivity index (χ1n) is 12.7. The van der Waals surface area contributed by atoms with Crippen LogP contribution in [0.5, 0.6) is 0 Å². The Morgan fingerprint density at radius 2 is 1.77 bits per heavy atom. The molecule has 0 radical (unpaired) electrons. The van der Waals surface area contributed by atoms with Gasteiger partial charge in [0.05, 0.1) is 34.8 Å². The van der Waals surface area contributed by atoms with Gasteiger partial charge in [0.1, 0.15) is 11.9 Å². The number of hydrogen-bond donors (Lipinski definition) is 2. The van der Waals surface area contributed by atoms with E-state index in [2.05, 4.69) is 43.0 Å². The molecule has 204 valence electrons. The summed E-state index contributed by atoms with van der Waals surface area (Å²) in [7, 11) is 1.56. The monoisotopic (exact) mass is 545 g/mol. The SMILES string of the molecule is C[C@@H](OC(=O)Nc1c(-c2ccc(NC(=O)C34CC(c5ccccc5)(C3)C4)cn2)nnn1C)c1cc(F)cnc1F. The van der Waals surface area contributed by atoms with E-state index in [9.17, 15) is 18.4 Å². The van der Waals surface area contributed by atoms with Gasteiger partial charge in [0.2, 0.25) is 11.9 Å². The molecule has 2 bridgehead atoms. The number of nitrogens with one attached hydrogen (secondary N) is 2. The lowest BCUT2D eigenvalue weighted by Crippen LogP contribution is -2.69. The molecular formula is C28H25F2N7O3. The normalized spacial score (nSPS) is 21.5. The Balaban J connectivity index is 1.09. The van der Waals surface area contributed by atoms with E-state index in [1.54, 1.807) is 19.2 Å². The molecule has 0 aliphatic heterocycles. The second kappa shape index (κ2) is 9.47. The first-order chi connectivity index (χ1) is 19.2. The number of carbonyl (C=O) groups is 2. The number of anilines is 2. The van der Waals surface area contributed by atoms with Crippen molar-refractivity contribution in [2.45, 2.75) is 37.7 Å². The minimum atomic E-state index is -1.11. The number of benzene rings is 1. The molecule has 7 rings (SSSR count). The lowest BCUT2D eigenvalue weighted by Gasteiger charge is -2.69. The number of carbonyl (C=O) groups excluding carboxylic acids is 2. The highest BCUT2D eigenvalue weighted by Gasteiger charge is 2.71. The van der Waals surface area contributed by atoms with Gasteiger partial charge < -0.3 is 10.1 Å². The van der Waals surface area contributed by atoms with Gasteiger partial charge in [-0.3, -0.25) is 15.1 Å². The van der Waals surface area contributed by atoms with Crippen molar-refractivity contribution in [3.63, 3.8) is 0 Å². The summed E-state index contributed by atoms with van der Waals surface area (Å²) in [6.45, 7) is 1.39. The average molecular weight is 546 g/mol. The zero-order valence-electron chi connectivity index (χ0n) is 21.7. The number of rotatable bonds is 7. The van der Waals surface area contributed by atoms with E-state index in [0.29, 0.717) is 11.4 Å². The zero-order valence-corrected chi connectivity index (χ0v) is 21.7. The van der Waals surface area contributed by atoms with Crippen molar-refractivity contribution in [3.05, 3.63) is 83.8 Å². The van der Waals surface area contributed by atoms with E-state index in [1.807, 2.05) is 18.2 Å². The molecule has 3 aliphatic rings. The lowest BCUT2D eigenvalue weighted by molar-refractivity contribution is -0.170. The van der Waals surface area contributed by atoms with Crippen molar-refractivity contribution in [1.29, 1.82) is 0 Å². The van der Waals surface area contributed by atoms with Crippen LogP contribution in [0.3, 0.4) is 0 Å². The van der Waals surface area contributed by atoms with Crippen LogP contribution in [0.1, 0.15) is 43.4 Å². The zero-order chi connectivity index (χ0) is 28.1. The standard InChI is InChI=1S/C28H25F2N7O3/c1-16(20-10-18(29)11-32-23(20)30)40-26(39)34-24-22(35-36-37(24)2)21-9-8-19(12-31-21)33-25(38)28-13-27(14-28,15-28)17-6-4-3-5-7-17/h3-12,16H,13-15H2,1-2H3,(H,33,38)(H,34,39)/t16-,27?,28?/m1/s1. The van der Waals surface area contributed by atoms with Crippen molar-refractivity contribution < 1.29 is 23.1 Å². The van der Waals surface area contributed by atoms with E-state index >= 15 is 0 Å². The van der Waals surface area contributed by atoms with E-state index in [-0.39, 0.29) is 33.8 Å². The molecule has 3 aromatic heterocycles. The van der Waals surface area contributed by atoms with Crippen LogP contribution in [0, 0.1) is 17.2 Å². The maximum atomic E-state index is 13.9. The molecule has 0 unspecified atom stereocenters. The Labute approximate surface area is 227 Å². The highest BCUT2D eigenvalue weighted by molar-refractivity contribution is 5.98. The van der Waals surface area contributed by atoms with Crippen molar-refractivity contribution in [2.75, 3.05) is 10.6 Å². The predicted octanol–water partition coefficient (Wildman–Crippen LogP) is 4.92. The topological polar surface area (TPSA) is 124 Å². The van der Waals surface area contributed by atoms with Crippen LogP contribution >= 0.6 is 0 Å². The second-order valence-electron chi connectivity index (χ2n) is 10.5. The largest absolute Gasteiger partial charge is 0.441 e. The highest BCUT2D eigenvalue weighted by Crippen LogP contribution is 2.73. The number of hydrogen-bond acceptors (Lipinski definition) is 7. The maximum absolute atomic E-state index is 13.9. The number of aromatic nitrogens is 5. The van der Waals surface area contributed by atoms with Crippen LogP contribution in [0.2, 0.25) is 0 Å². The Morgan fingerprint density at radius 1 is 1.02 bits per heavy atom. The van der Waals surface area contributed by atoms with Crippen LogP contribution in [-0.2, 0) is 22.0 Å². The lowest BCUT2D eigenvalue weighted by atomic mass is 9.33. The molecule has 4 aromatic rings. The summed E-state index contributed by atoms with van der Waals surface area (Å²) in [6.07, 6.45) is 2.73. The summed E-state index contributed by atoms with van der Waals surface area (Å²) in [6, 6.07) is 14.6. The van der Waals surface area contributed by atoms with Crippen molar-refractivity contribution in [2.24, 2.45) is 12.5 Å². The summed E-state index contributed by atoms with van der Waals surface area (Å²) in [5.74, 6) is -1.52. The minimum Gasteiger partial charge on any atom is -0.441 e. The fourth-order valence-electron chi connectivity index (χ4n) is 5.74. The van der Waals surface area contributed by atoms with Crippen LogP contribution in [0.15, 0.2) is 60.9 Å². The molecular weight excluding hydrogens is 520 g/mol. The van der Waals surface area contributed by atoms with Gasteiger partial charge in [-0.05, 0) is 55.4 Å². The number of pyridine rings is 2. The van der Waals surface area contributed by atoms with E-state index in [4.69, 9.17) is 4.74 Å². The third-order valence-corrected chi connectivity index (χ3v) is 7.76. The first-order valence-corrected chi connectivity index (χ1v) is 12.7. The molecule has 12 heteroatoms. The van der Waals surface area contributed by atoms with Gasteiger partial charge in [-0.15, -0.1) is 5.10 Å². The summed E-state index contributed by atoms with van der Waals surface area (Å²) in [5.41, 5.74) is 2.07. The first kappa shape index (κ1) is 25.5. The van der Waals surface area contributed by atoms with Gasteiger partial charge in [0.25, 0.3) is 0 Å². The average Bonchev–Trinajstić information content (AvgIpc) is 3.24. The molecule has 3 heterocycles. The quantitative estimate of drug-likeness (QED) is 0.316. The van der Waals surface area contributed by atoms with Crippen LogP contribution in [0.4, 0.5) is 25.1 Å². The van der Waals surface area contributed by atoms with Gasteiger partial charge in [-0.2, -0.15) is 4.39 Å². The fraction of sp³-hybridized carbons (Fsp3) is 0.286. The molecule has 2 N–H and O–H groups in total. The third kappa shape index (κ3) is 4.34. The van der Waals surface area contributed by atoms with Gasteiger partial charge in [0, 0.05) is 7.05 Å². The Kier molecular flexibility index (Phi) is 6.05. The number of nitrogens with zero attached hydrogens (tertiary/aromatic N) is 5. The molecule has 3 saturated carbocycles. The minimum absolute atomic E-state index is 0.0106. The molecule has 0 spiro atoms. The van der Waals surface area contributed by atoms with Crippen LogP contribution < -0.4 is 10.6 Å². The van der Waals surface area contributed by atoms with Crippen molar-refractivity contribution >= 4 is 23.5 Å². The summed E-state index contributed by atoms with van der Waals surface area (Å²) < 4.78 is 33.9. The van der Waals surface area contributed by atoms with Gasteiger partial charge in [0.15, 0.2) is 11.5 Å². The van der Waals surface area contributed by atoms with Crippen molar-refractivity contribution in [1.82, 2.24) is 25.0 Å². The summed E-state index contributed by atoms with van der Waals surface area (Å²) in [4.78, 5) is 33.3. The van der Waals surface area contributed by atoms with Gasteiger partial charge in [-0.1, -0.05) is 35.5 Å². The van der Waals surface area contributed by atoms with Gasteiger partial charge >= 0.3 is 6.09 Å². The smallest absolute Gasteiger partial charge is 0.413 e. The second-order valence-corrected chi connectivity index (χ2v) is 10.5. The van der Waals surface area contributed by atoms with Crippen molar-refractivity contribution in [3.8, 4) is 11.4 Å². The Morgan fingerprint density at radius 3 is 2.48 bits per heavy atom. The molecule has 3 aliphatic carbocycles. The fourth-order valence-corrected chi connectivity index (χ4v) is 5.74. The van der Waals surface area contributed by atoms with E-state index in [1.165, 1.54) is 23.4 Å². The summed E-state index contributed by atoms with van der Waals surface area (Å²) >= 11 is 0. The third-order valence-electron chi connectivity index (χ3n) is 7.76. The number of ether oxygens (including phenoxy) is 1. The number of halogens is 2. The number of amides is 2. The predicted molar refractivity (Wildman–Crippen MR) is 140 cm³/mol. The maximum Gasteiger partial charge on any atom is 0.413 e.